The van der Waals surface area contributed by atoms with E-state index in [1.54, 1.807) is 30.7 Å². The molecule has 118 valence electrons. The molecule has 0 fully saturated rings. The Morgan fingerprint density at radius 2 is 1.88 bits per heavy atom. The molecule has 1 aliphatic heterocycles. The maximum atomic E-state index is 12.1. The topological polar surface area (TPSA) is 115 Å². The van der Waals surface area contributed by atoms with Gasteiger partial charge >= 0.3 is 0 Å². The summed E-state index contributed by atoms with van der Waals surface area (Å²) in [5.74, 6) is -0.404. The highest BCUT2D eigenvalue weighted by Crippen LogP contribution is 2.42. The SMILES string of the molecule is O.O=C(N=Nc1c2ccc[nH]c-2c2ncccc12)c1ccncc1. The van der Waals surface area contributed by atoms with Crippen molar-refractivity contribution in [2.24, 2.45) is 10.2 Å². The summed E-state index contributed by atoms with van der Waals surface area (Å²) < 4.78 is 0. The molecule has 0 atom stereocenters. The monoisotopic (exact) mass is 319 g/mol. The van der Waals surface area contributed by atoms with Gasteiger partial charge < -0.3 is 10.5 Å². The molecule has 7 nitrogen and oxygen atoms in total. The van der Waals surface area contributed by atoms with E-state index in [0.717, 1.165) is 22.2 Å². The Balaban J connectivity index is 0.00000169. The summed E-state index contributed by atoms with van der Waals surface area (Å²) in [7, 11) is 0. The smallest absolute Gasteiger partial charge is 0.295 e. The van der Waals surface area contributed by atoms with Gasteiger partial charge in [-0.05, 0) is 36.4 Å². The second-order valence-corrected chi connectivity index (χ2v) is 4.95. The Kier molecular flexibility index (Phi) is 4.09. The molecule has 1 amide bonds. The number of azo groups is 1. The van der Waals surface area contributed by atoms with E-state index in [0.29, 0.717) is 11.3 Å². The van der Waals surface area contributed by atoms with Crippen LogP contribution in [0.5, 0.6) is 0 Å². The molecule has 0 bridgehead atoms. The number of rotatable bonds is 2. The molecule has 2 aromatic rings. The van der Waals surface area contributed by atoms with Crippen LogP contribution in [0.25, 0.3) is 22.2 Å². The van der Waals surface area contributed by atoms with E-state index in [9.17, 15) is 4.79 Å². The first-order chi connectivity index (χ1) is 11.3. The molecule has 0 saturated carbocycles. The summed E-state index contributed by atoms with van der Waals surface area (Å²) in [6.07, 6.45) is 6.66. The number of pyridine rings is 3. The lowest BCUT2D eigenvalue weighted by Gasteiger charge is -1.98. The zero-order chi connectivity index (χ0) is 15.6. The van der Waals surface area contributed by atoms with Gasteiger partial charge in [0.25, 0.3) is 5.91 Å². The molecule has 3 heterocycles. The minimum absolute atomic E-state index is 0. The standard InChI is InChI=1S/C17H11N5O.H2O/c23-17(11-5-9-18-10-6-11)22-21-14-12-3-1-7-19-15(12)16-13(14)4-2-8-20-16;/h1-10,19H;1H2. The second kappa shape index (κ2) is 6.35. The zero-order valence-corrected chi connectivity index (χ0v) is 12.5. The van der Waals surface area contributed by atoms with Gasteiger partial charge in [0.1, 0.15) is 5.69 Å². The number of nitrogens with one attached hydrogen (secondary N) is 1. The van der Waals surface area contributed by atoms with Crippen LogP contribution in [0, 0.1) is 0 Å². The van der Waals surface area contributed by atoms with Crippen molar-refractivity contribution in [2.75, 3.05) is 0 Å². The molecule has 24 heavy (non-hydrogen) atoms. The largest absolute Gasteiger partial charge is 0.412 e. The van der Waals surface area contributed by atoms with Crippen molar-refractivity contribution in [3.05, 3.63) is 66.7 Å². The van der Waals surface area contributed by atoms with Crippen molar-refractivity contribution in [3.63, 3.8) is 0 Å². The second-order valence-electron chi connectivity index (χ2n) is 4.95. The first kappa shape index (κ1) is 15.4. The number of hydrogen-bond donors (Lipinski definition) is 1. The number of hydrogen-bond acceptors (Lipinski definition) is 4. The quantitative estimate of drug-likeness (QED) is 0.572. The minimum Gasteiger partial charge on any atom is -0.412 e. The van der Waals surface area contributed by atoms with Crippen LogP contribution in [0.2, 0.25) is 0 Å². The van der Waals surface area contributed by atoms with Crippen LogP contribution in [0.15, 0.2) is 71.4 Å². The fourth-order valence-corrected chi connectivity index (χ4v) is 2.53. The van der Waals surface area contributed by atoms with Crippen LogP contribution in [0.3, 0.4) is 0 Å². The number of aromatic amines is 1. The molecular weight excluding hydrogens is 306 g/mol. The van der Waals surface area contributed by atoms with Gasteiger partial charge in [0.15, 0.2) is 0 Å². The number of amides is 1. The Hall–Kier alpha value is -3.45. The van der Waals surface area contributed by atoms with Gasteiger partial charge in [-0.1, -0.05) is 0 Å². The van der Waals surface area contributed by atoms with Gasteiger partial charge in [0.05, 0.1) is 11.2 Å². The molecule has 2 aliphatic rings. The highest BCUT2D eigenvalue weighted by atomic mass is 16.1. The molecule has 0 spiro atoms. The van der Waals surface area contributed by atoms with Crippen molar-refractivity contribution in [2.45, 2.75) is 0 Å². The van der Waals surface area contributed by atoms with Gasteiger partial charge in [0.2, 0.25) is 0 Å². The predicted molar refractivity (Wildman–Crippen MR) is 89.4 cm³/mol. The normalized spacial score (nSPS) is 11.0. The van der Waals surface area contributed by atoms with Crippen molar-refractivity contribution < 1.29 is 10.3 Å². The molecule has 1 aliphatic carbocycles. The van der Waals surface area contributed by atoms with Gasteiger partial charge in [-0.2, -0.15) is 0 Å². The fraction of sp³-hybridized carbons (Fsp3) is 0. The third kappa shape index (κ3) is 2.53. The molecule has 0 saturated heterocycles. The summed E-state index contributed by atoms with van der Waals surface area (Å²) >= 11 is 0. The van der Waals surface area contributed by atoms with E-state index >= 15 is 0 Å². The fourth-order valence-electron chi connectivity index (χ4n) is 2.53. The highest BCUT2D eigenvalue weighted by molar-refractivity contribution is 6.09. The summed E-state index contributed by atoms with van der Waals surface area (Å²) in [6.45, 7) is 0. The van der Waals surface area contributed by atoms with Gasteiger partial charge in [0, 0.05) is 41.3 Å². The lowest BCUT2D eigenvalue weighted by Crippen LogP contribution is -1.92. The Labute approximate surface area is 136 Å². The maximum absolute atomic E-state index is 12.1. The van der Waals surface area contributed by atoms with Crippen molar-refractivity contribution in [1.82, 2.24) is 15.0 Å². The molecule has 0 unspecified atom stereocenters. The third-order valence-electron chi connectivity index (χ3n) is 3.58. The lowest BCUT2D eigenvalue weighted by atomic mass is 10.2. The van der Waals surface area contributed by atoms with E-state index in [1.165, 1.54) is 0 Å². The van der Waals surface area contributed by atoms with E-state index in [1.807, 2.05) is 30.5 Å². The summed E-state index contributed by atoms with van der Waals surface area (Å²) in [5, 5.41) is 8.91. The van der Waals surface area contributed by atoms with Gasteiger partial charge in [-0.25, -0.2) is 0 Å². The Morgan fingerprint density at radius 3 is 2.71 bits per heavy atom. The summed E-state index contributed by atoms with van der Waals surface area (Å²) in [4.78, 5) is 23.5. The third-order valence-corrected chi connectivity index (χ3v) is 3.58. The number of carbonyl (C=O) groups is 1. The van der Waals surface area contributed by atoms with E-state index < -0.39 is 5.91 Å². The number of nitrogens with zero attached hydrogens (tertiary/aromatic N) is 4. The number of aromatic nitrogens is 3. The first-order valence-corrected chi connectivity index (χ1v) is 7.04. The molecule has 4 rings (SSSR count). The minimum atomic E-state index is -0.404. The number of carbonyl (C=O) groups excluding carboxylic acids is 1. The molecular formula is C17H13N5O2. The van der Waals surface area contributed by atoms with Crippen LogP contribution in [-0.4, -0.2) is 26.3 Å². The predicted octanol–water partition coefficient (Wildman–Crippen LogP) is 3.16. The first-order valence-electron chi connectivity index (χ1n) is 7.04. The van der Waals surface area contributed by atoms with E-state index in [-0.39, 0.29) is 5.48 Å². The maximum Gasteiger partial charge on any atom is 0.295 e. The number of fused-ring (bicyclic) bond motifs is 3. The lowest BCUT2D eigenvalue weighted by molar-refractivity contribution is 0.0995. The average molecular weight is 319 g/mol. The van der Waals surface area contributed by atoms with Crippen LogP contribution in [-0.2, 0) is 0 Å². The highest BCUT2D eigenvalue weighted by Gasteiger charge is 2.18. The van der Waals surface area contributed by atoms with E-state index in [2.05, 4.69) is 25.2 Å². The summed E-state index contributed by atoms with van der Waals surface area (Å²) in [6, 6.07) is 10.8. The van der Waals surface area contributed by atoms with Gasteiger partial charge in [-0.15, -0.1) is 10.2 Å². The van der Waals surface area contributed by atoms with Crippen LogP contribution >= 0.6 is 0 Å². The van der Waals surface area contributed by atoms with Crippen molar-refractivity contribution in [3.8, 4) is 11.3 Å². The van der Waals surface area contributed by atoms with E-state index in [4.69, 9.17) is 0 Å². The van der Waals surface area contributed by atoms with Crippen molar-refractivity contribution in [1.29, 1.82) is 0 Å². The summed E-state index contributed by atoms with van der Waals surface area (Å²) in [5.41, 5.74) is 3.67. The molecule has 3 N–H and O–H groups in total. The average Bonchev–Trinajstić information content (AvgIpc) is 2.94. The van der Waals surface area contributed by atoms with Crippen molar-refractivity contribution >= 4 is 22.5 Å². The number of H-pyrrole nitrogens is 1. The van der Waals surface area contributed by atoms with Gasteiger partial charge in [-0.3, -0.25) is 14.8 Å². The molecule has 7 heteroatoms. The Morgan fingerprint density at radius 1 is 1.04 bits per heavy atom. The Bertz CT molecular complexity index is 994. The van der Waals surface area contributed by atoms with Crippen LogP contribution in [0.4, 0.5) is 5.69 Å². The van der Waals surface area contributed by atoms with Crippen LogP contribution < -0.4 is 0 Å². The molecule has 0 aromatic carbocycles. The molecule has 0 radical (unpaired) electrons. The molecule has 2 aromatic heterocycles. The van der Waals surface area contributed by atoms with Crippen LogP contribution in [0.1, 0.15) is 10.4 Å². The zero-order valence-electron chi connectivity index (χ0n) is 12.5.